The second-order valence-corrected chi connectivity index (χ2v) is 9.31. The summed E-state index contributed by atoms with van der Waals surface area (Å²) in [6, 6.07) is 21.1. The van der Waals surface area contributed by atoms with Gasteiger partial charge < -0.3 is 5.11 Å². The van der Waals surface area contributed by atoms with Crippen LogP contribution in [0.2, 0.25) is 0 Å². The summed E-state index contributed by atoms with van der Waals surface area (Å²) in [6.07, 6.45) is 1.29. The zero-order valence-electron chi connectivity index (χ0n) is 18.5. The summed E-state index contributed by atoms with van der Waals surface area (Å²) in [4.78, 5) is 15.0. The Morgan fingerprint density at radius 1 is 0.943 bits per heavy atom. The number of benzene rings is 3. The van der Waals surface area contributed by atoms with E-state index in [9.17, 15) is 17.6 Å². The van der Waals surface area contributed by atoms with Gasteiger partial charge in [0, 0.05) is 11.8 Å². The lowest BCUT2D eigenvalue weighted by Gasteiger charge is -2.11. The summed E-state index contributed by atoms with van der Waals surface area (Å²) < 4.78 is 42.4. The number of carboxylic acid groups (broad SMARTS) is 1. The van der Waals surface area contributed by atoms with Gasteiger partial charge in [-0.15, -0.1) is 0 Å². The Kier molecular flexibility index (Phi) is 6.62. The Bertz CT molecular complexity index is 1570. The fourth-order valence-corrected chi connectivity index (χ4v) is 4.46. The number of aryl methyl sites for hydroxylation is 1. The number of aromatic nitrogens is 1. The summed E-state index contributed by atoms with van der Waals surface area (Å²) >= 11 is 0. The predicted molar refractivity (Wildman–Crippen MR) is 131 cm³/mol. The van der Waals surface area contributed by atoms with E-state index >= 15 is 0 Å². The Hall–Kier alpha value is -4.48. The van der Waals surface area contributed by atoms with Crippen molar-refractivity contribution in [2.24, 2.45) is 0 Å². The van der Waals surface area contributed by atoms with E-state index in [1.165, 1.54) is 24.4 Å². The molecule has 35 heavy (non-hydrogen) atoms. The van der Waals surface area contributed by atoms with E-state index in [-0.39, 0.29) is 21.8 Å². The lowest BCUT2D eigenvalue weighted by atomic mass is 10.1. The van der Waals surface area contributed by atoms with Crippen LogP contribution in [-0.4, -0.2) is 24.5 Å². The molecule has 4 aromatic rings. The predicted octanol–water partition coefficient (Wildman–Crippen LogP) is 5.09. The maximum absolute atomic E-state index is 13.9. The van der Waals surface area contributed by atoms with Crippen molar-refractivity contribution in [3.8, 4) is 23.0 Å². The van der Waals surface area contributed by atoms with Gasteiger partial charge in [-0.1, -0.05) is 54.3 Å². The van der Waals surface area contributed by atoms with E-state index in [0.29, 0.717) is 11.1 Å². The number of anilines is 1. The molecule has 0 fully saturated rings. The normalized spacial score (nSPS) is 10.8. The summed E-state index contributed by atoms with van der Waals surface area (Å²) in [7, 11) is -3.97. The summed E-state index contributed by atoms with van der Waals surface area (Å²) in [6.45, 7) is 1.59. The Morgan fingerprint density at radius 2 is 1.63 bits per heavy atom. The summed E-state index contributed by atoms with van der Waals surface area (Å²) in [5.41, 5.74) is 2.79. The van der Waals surface area contributed by atoms with Crippen LogP contribution in [0.5, 0.6) is 0 Å². The number of halogens is 1. The van der Waals surface area contributed by atoms with Gasteiger partial charge in [-0.25, -0.2) is 22.6 Å². The number of carboxylic acids is 1. The minimum Gasteiger partial charge on any atom is -0.477 e. The van der Waals surface area contributed by atoms with Crippen LogP contribution in [0.3, 0.4) is 0 Å². The van der Waals surface area contributed by atoms with E-state index in [1.807, 2.05) is 30.3 Å². The third-order valence-electron chi connectivity index (χ3n) is 5.12. The first-order valence-electron chi connectivity index (χ1n) is 10.4. The number of nitrogens with one attached hydrogen (secondary N) is 1. The van der Waals surface area contributed by atoms with Gasteiger partial charge in [-0.05, 0) is 60.0 Å². The van der Waals surface area contributed by atoms with Crippen LogP contribution in [0.25, 0.3) is 11.1 Å². The number of aromatic carboxylic acids is 1. The maximum atomic E-state index is 13.9. The molecule has 8 heteroatoms. The topological polar surface area (TPSA) is 96.4 Å². The van der Waals surface area contributed by atoms with Crippen molar-refractivity contribution in [1.29, 1.82) is 0 Å². The molecule has 0 aliphatic rings. The number of pyridine rings is 1. The molecule has 1 aromatic heterocycles. The molecule has 0 unspecified atom stereocenters. The van der Waals surface area contributed by atoms with Crippen molar-refractivity contribution < 1.29 is 22.7 Å². The number of nitrogens with zero attached hydrogens (tertiary/aromatic N) is 1. The van der Waals surface area contributed by atoms with Gasteiger partial charge in [-0.3, -0.25) is 4.72 Å². The number of hydrogen-bond donors (Lipinski definition) is 2. The van der Waals surface area contributed by atoms with Gasteiger partial charge in [0.25, 0.3) is 10.0 Å². The van der Waals surface area contributed by atoms with Crippen molar-refractivity contribution in [2.45, 2.75) is 11.8 Å². The first kappa shape index (κ1) is 23.7. The zero-order chi connectivity index (χ0) is 25.0. The van der Waals surface area contributed by atoms with Gasteiger partial charge in [0.1, 0.15) is 5.82 Å². The molecule has 0 saturated heterocycles. The molecule has 0 atom stereocenters. The van der Waals surface area contributed by atoms with E-state index in [4.69, 9.17) is 5.11 Å². The number of hydrogen-bond acceptors (Lipinski definition) is 4. The molecular formula is C27H19FN2O4S. The Labute approximate surface area is 202 Å². The first-order valence-corrected chi connectivity index (χ1v) is 11.9. The third-order valence-corrected chi connectivity index (χ3v) is 6.50. The van der Waals surface area contributed by atoms with Crippen LogP contribution in [0.15, 0.2) is 90.0 Å². The lowest BCUT2D eigenvalue weighted by Crippen LogP contribution is -2.14. The van der Waals surface area contributed by atoms with Crippen LogP contribution >= 0.6 is 0 Å². The minimum atomic E-state index is -3.97. The Morgan fingerprint density at radius 3 is 2.29 bits per heavy atom. The second kappa shape index (κ2) is 9.79. The van der Waals surface area contributed by atoms with Gasteiger partial charge in [0.15, 0.2) is 5.69 Å². The molecule has 0 bridgehead atoms. The monoisotopic (exact) mass is 486 g/mol. The van der Waals surface area contributed by atoms with Gasteiger partial charge >= 0.3 is 5.97 Å². The SMILES string of the molecule is Cc1cc(C#Cc2cc(F)ccc2NS(=O)(=O)c2ccc(-c3ccccc3)cc2)cnc1C(=O)O. The largest absolute Gasteiger partial charge is 0.477 e. The summed E-state index contributed by atoms with van der Waals surface area (Å²) in [5.74, 6) is 3.79. The van der Waals surface area contributed by atoms with Gasteiger partial charge in [0.05, 0.1) is 16.1 Å². The molecular weight excluding hydrogens is 467 g/mol. The lowest BCUT2D eigenvalue weighted by molar-refractivity contribution is 0.0689. The van der Waals surface area contributed by atoms with Crippen LogP contribution in [0.1, 0.15) is 27.2 Å². The maximum Gasteiger partial charge on any atom is 0.354 e. The van der Waals surface area contributed by atoms with E-state index < -0.39 is 21.8 Å². The molecule has 0 amide bonds. The van der Waals surface area contributed by atoms with Gasteiger partial charge in [0.2, 0.25) is 0 Å². The second-order valence-electron chi connectivity index (χ2n) is 7.63. The third kappa shape index (κ3) is 5.54. The smallest absolute Gasteiger partial charge is 0.354 e. The fraction of sp³-hybridized carbons (Fsp3) is 0.0370. The molecule has 6 nitrogen and oxygen atoms in total. The minimum absolute atomic E-state index is 0.0458. The highest BCUT2D eigenvalue weighted by atomic mass is 32.2. The fourth-order valence-electron chi connectivity index (χ4n) is 3.38. The molecule has 174 valence electrons. The van der Waals surface area contributed by atoms with Crippen molar-refractivity contribution in [3.63, 3.8) is 0 Å². The van der Waals surface area contributed by atoms with E-state index in [0.717, 1.165) is 23.3 Å². The first-order chi connectivity index (χ1) is 16.7. The van der Waals surface area contributed by atoms with Crippen LogP contribution in [0, 0.1) is 24.6 Å². The summed E-state index contributed by atoms with van der Waals surface area (Å²) in [5, 5.41) is 9.10. The molecule has 4 rings (SSSR count). The molecule has 1 heterocycles. The van der Waals surface area contributed by atoms with E-state index in [2.05, 4.69) is 21.5 Å². The highest BCUT2D eigenvalue weighted by Gasteiger charge is 2.16. The Balaban J connectivity index is 1.62. The highest BCUT2D eigenvalue weighted by Crippen LogP contribution is 2.24. The van der Waals surface area contributed by atoms with Crippen molar-refractivity contribution >= 4 is 21.7 Å². The van der Waals surface area contributed by atoms with Crippen molar-refractivity contribution in [2.75, 3.05) is 4.72 Å². The highest BCUT2D eigenvalue weighted by molar-refractivity contribution is 7.92. The van der Waals surface area contributed by atoms with Crippen molar-refractivity contribution in [1.82, 2.24) is 4.98 Å². The molecule has 0 aliphatic heterocycles. The van der Waals surface area contributed by atoms with Gasteiger partial charge in [-0.2, -0.15) is 0 Å². The molecule has 0 aliphatic carbocycles. The molecule has 0 spiro atoms. The molecule has 2 N–H and O–H groups in total. The molecule has 0 radical (unpaired) electrons. The number of sulfonamides is 1. The molecule has 0 saturated carbocycles. The average Bonchev–Trinajstić information content (AvgIpc) is 2.84. The van der Waals surface area contributed by atoms with E-state index in [1.54, 1.807) is 25.1 Å². The number of carbonyl (C=O) groups is 1. The molecule has 3 aromatic carbocycles. The zero-order valence-corrected chi connectivity index (χ0v) is 19.3. The van der Waals surface area contributed by atoms with Crippen molar-refractivity contribution in [3.05, 3.63) is 113 Å². The van der Waals surface area contributed by atoms with Crippen LogP contribution < -0.4 is 4.72 Å². The van der Waals surface area contributed by atoms with Crippen LogP contribution in [-0.2, 0) is 10.0 Å². The van der Waals surface area contributed by atoms with Crippen LogP contribution in [0.4, 0.5) is 10.1 Å². The quantitative estimate of drug-likeness (QED) is 0.383. The number of rotatable bonds is 5. The average molecular weight is 487 g/mol. The standard InChI is InChI=1S/C27H19FN2O4S/c1-18-15-19(17-29-26(18)27(31)32)7-8-22-16-23(28)11-14-25(22)30-35(33,34)24-12-9-21(10-13-24)20-5-3-2-4-6-20/h2-6,9-17,30H,1H3,(H,31,32).